The number of ether oxygens (including phenoxy) is 1. The number of methoxy groups -OCH3 is 1. The fourth-order valence-electron chi connectivity index (χ4n) is 3.47. The van der Waals surface area contributed by atoms with E-state index in [2.05, 4.69) is 15.7 Å². The van der Waals surface area contributed by atoms with Crippen LogP contribution in [0.15, 0.2) is 54.6 Å². The van der Waals surface area contributed by atoms with Crippen molar-refractivity contribution in [2.24, 2.45) is 0 Å². The van der Waals surface area contributed by atoms with Gasteiger partial charge in [0.15, 0.2) is 0 Å². The van der Waals surface area contributed by atoms with E-state index in [4.69, 9.17) is 4.74 Å². The third kappa shape index (κ3) is 6.81. The van der Waals surface area contributed by atoms with Crippen molar-refractivity contribution < 1.29 is 27.5 Å². The second kappa shape index (κ2) is 10.9. The number of nitrogens with zero attached hydrogens (tertiary/aromatic N) is 3. The van der Waals surface area contributed by atoms with E-state index in [0.29, 0.717) is 17.3 Å². The molecule has 2 aromatic carbocycles. The number of anilines is 2. The standard InChI is InChI=1S/C26H30F3N5O3/c1-6-33(24(36)30-20-10-8-7-9-19(20)26(27,28)29)16-23(35)31-22-15-21(25(2,3)4)32-34(22)17-11-13-18(37-5)14-12-17/h7-15H,6,16H2,1-5H3,(H,30,36)(H,31,35). The normalized spacial score (nSPS) is 11.7. The first kappa shape index (κ1) is 27.6. The molecule has 0 aliphatic heterocycles. The van der Waals surface area contributed by atoms with E-state index in [9.17, 15) is 22.8 Å². The molecule has 1 aromatic heterocycles. The van der Waals surface area contributed by atoms with E-state index in [0.717, 1.165) is 22.7 Å². The number of likely N-dealkylation sites (N-methyl/N-ethyl adjacent to an activating group) is 1. The molecular weight excluding hydrogens is 487 g/mol. The maximum Gasteiger partial charge on any atom is 0.418 e. The van der Waals surface area contributed by atoms with Crippen LogP contribution >= 0.6 is 0 Å². The molecule has 0 bridgehead atoms. The van der Waals surface area contributed by atoms with Crippen molar-refractivity contribution in [1.29, 1.82) is 0 Å². The van der Waals surface area contributed by atoms with E-state index >= 15 is 0 Å². The van der Waals surface area contributed by atoms with Crippen LogP contribution in [-0.4, -0.2) is 46.8 Å². The van der Waals surface area contributed by atoms with Gasteiger partial charge in [-0.15, -0.1) is 0 Å². The number of amides is 3. The van der Waals surface area contributed by atoms with Crippen molar-refractivity contribution in [1.82, 2.24) is 14.7 Å². The Morgan fingerprint density at radius 2 is 1.68 bits per heavy atom. The number of nitrogens with one attached hydrogen (secondary N) is 2. The maximum atomic E-state index is 13.3. The fourth-order valence-corrected chi connectivity index (χ4v) is 3.47. The molecule has 198 valence electrons. The summed E-state index contributed by atoms with van der Waals surface area (Å²) in [6, 6.07) is 12.7. The van der Waals surface area contributed by atoms with Gasteiger partial charge in [0, 0.05) is 18.0 Å². The highest BCUT2D eigenvalue weighted by molar-refractivity contribution is 5.97. The Kier molecular flexibility index (Phi) is 8.15. The van der Waals surface area contributed by atoms with Gasteiger partial charge in [-0.2, -0.15) is 18.3 Å². The summed E-state index contributed by atoms with van der Waals surface area (Å²) in [4.78, 5) is 26.8. The zero-order chi connectivity index (χ0) is 27.4. The van der Waals surface area contributed by atoms with Gasteiger partial charge in [-0.25, -0.2) is 9.48 Å². The molecule has 0 aliphatic carbocycles. The fraction of sp³-hybridized carbons (Fsp3) is 0.346. The van der Waals surface area contributed by atoms with Crippen LogP contribution in [0.3, 0.4) is 0 Å². The lowest BCUT2D eigenvalue weighted by molar-refractivity contribution is -0.137. The van der Waals surface area contributed by atoms with Gasteiger partial charge in [0.1, 0.15) is 18.1 Å². The summed E-state index contributed by atoms with van der Waals surface area (Å²) in [5.41, 5.74) is -0.251. The molecule has 3 aromatic rings. The number of urea groups is 1. The highest BCUT2D eigenvalue weighted by Gasteiger charge is 2.34. The number of carbonyl (C=O) groups excluding carboxylic acids is 2. The Bertz CT molecular complexity index is 1250. The Balaban J connectivity index is 1.79. The summed E-state index contributed by atoms with van der Waals surface area (Å²) >= 11 is 0. The van der Waals surface area contributed by atoms with Crippen molar-refractivity contribution in [3.63, 3.8) is 0 Å². The summed E-state index contributed by atoms with van der Waals surface area (Å²) in [6.07, 6.45) is -4.64. The molecular formula is C26H30F3N5O3. The van der Waals surface area contributed by atoms with Gasteiger partial charge >= 0.3 is 12.2 Å². The zero-order valence-electron chi connectivity index (χ0n) is 21.3. The van der Waals surface area contributed by atoms with E-state index in [1.165, 1.54) is 12.1 Å². The van der Waals surface area contributed by atoms with Gasteiger partial charge in [-0.1, -0.05) is 32.9 Å². The van der Waals surface area contributed by atoms with Crippen LogP contribution in [0.5, 0.6) is 5.75 Å². The first-order valence-corrected chi connectivity index (χ1v) is 11.6. The van der Waals surface area contributed by atoms with E-state index in [-0.39, 0.29) is 24.2 Å². The van der Waals surface area contributed by atoms with Gasteiger partial charge in [0.05, 0.1) is 29.7 Å². The smallest absolute Gasteiger partial charge is 0.418 e. The number of carbonyl (C=O) groups is 2. The second-order valence-electron chi connectivity index (χ2n) is 9.31. The molecule has 3 rings (SSSR count). The molecule has 3 amide bonds. The molecule has 37 heavy (non-hydrogen) atoms. The molecule has 11 heteroatoms. The average Bonchev–Trinajstić information content (AvgIpc) is 3.26. The third-order valence-electron chi connectivity index (χ3n) is 5.54. The average molecular weight is 518 g/mol. The number of aromatic nitrogens is 2. The minimum atomic E-state index is -4.64. The number of halogens is 3. The van der Waals surface area contributed by atoms with Crippen LogP contribution in [0.1, 0.15) is 39.0 Å². The minimum Gasteiger partial charge on any atom is -0.497 e. The molecule has 0 unspecified atom stereocenters. The van der Waals surface area contributed by atoms with Crippen LogP contribution in [-0.2, 0) is 16.4 Å². The number of para-hydroxylation sites is 1. The Morgan fingerprint density at radius 1 is 1.03 bits per heavy atom. The summed E-state index contributed by atoms with van der Waals surface area (Å²) < 4.78 is 46.7. The lowest BCUT2D eigenvalue weighted by atomic mass is 9.92. The van der Waals surface area contributed by atoms with Gasteiger partial charge in [-0.05, 0) is 43.3 Å². The molecule has 2 N–H and O–H groups in total. The Morgan fingerprint density at radius 3 is 2.24 bits per heavy atom. The summed E-state index contributed by atoms with van der Waals surface area (Å²) in [6.45, 7) is 7.30. The predicted octanol–water partition coefficient (Wildman–Crippen LogP) is 5.69. The molecule has 0 spiro atoms. The van der Waals surface area contributed by atoms with E-state index in [1.807, 2.05) is 20.8 Å². The predicted molar refractivity (Wildman–Crippen MR) is 135 cm³/mol. The largest absolute Gasteiger partial charge is 0.497 e. The highest BCUT2D eigenvalue weighted by atomic mass is 19.4. The minimum absolute atomic E-state index is 0.0957. The van der Waals surface area contributed by atoms with E-state index < -0.39 is 23.7 Å². The van der Waals surface area contributed by atoms with Crippen LogP contribution in [0.25, 0.3) is 5.69 Å². The highest BCUT2D eigenvalue weighted by Crippen LogP contribution is 2.34. The maximum absolute atomic E-state index is 13.3. The van der Waals surface area contributed by atoms with Gasteiger partial charge < -0.3 is 20.3 Å². The Labute approximate surface area is 213 Å². The summed E-state index contributed by atoms with van der Waals surface area (Å²) in [5.74, 6) is 0.518. The Hall–Kier alpha value is -4.02. The van der Waals surface area contributed by atoms with Crippen LogP contribution in [0, 0.1) is 0 Å². The van der Waals surface area contributed by atoms with Gasteiger partial charge in [-0.3, -0.25) is 4.79 Å². The van der Waals surface area contributed by atoms with Crippen LogP contribution < -0.4 is 15.4 Å². The number of benzene rings is 2. The first-order chi connectivity index (χ1) is 17.3. The van der Waals surface area contributed by atoms with Crippen molar-refractivity contribution in [2.45, 2.75) is 39.3 Å². The lowest BCUT2D eigenvalue weighted by Gasteiger charge is -2.22. The first-order valence-electron chi connectivity index (χ1n) is 11.6. The monoisotopic (exact) mass is 517 g/mol. The second-order valence-corrected chi connectivity index (χ2v) is 9.31. The molecule has 0 radical (unpaired) electrons. The lowest BCUT2D eigenvalue weighted by Crippen LogP contribution is -2.40. The summed E-state index contributed by atoms with van der Waals surface area (Å²) in [7, 11) is 1.56. The van der Waals surface area contributed by atoms with Crippen molar-refractivity contribution in [2.75, 3.05) is 30.8 Å². The molecule has 1 heterocycles. The van der Waals surface area contributed by atoms with Crippen LogP contribution in [0.4, 0.5) is 29.5 Å². The molecule has 0 atom stereocenters. The molecule has 0 saturated heterocycles. The van der Waals surface area contributed by atoms with Crippen molar-refractivity contribution in [3.05, 3.63) is 65.9 Å². The zero-order valence-corrected chi connectivity index (χ0v) is 21.3. The summed E-state index contributed by atoms with van der Waals surface area (Å²) in [5, 5.41) is 9.69. The van der Waals surface area contributed by atoms with E-state index in [1.54, 1.807) is 49.0 Å². The quantitative estimate of drug-likeness (QED) is 0.422. The van der Waals surface area contributed by atoms with Crippen LogP contribution in [0.2, 0.25) is 0 Å². The van der Waals surface area contributed by atoms with Crippen molar-refractivity contribution in [3.8, 4) is 11.4 Å². The molecule has 0 fully saturated rings. The number of hydrogen-bond donors (Lipinski definition) is 2. The molecule has 0 aliphatic rings. The van der Waals surface area contributed by atoms with Gasteiger partial charge in [0.25, 0.3) is 0 Å². The van der Waals surface area contributed by atoms with Crippen molar-refractivity contribution >= 4 is 23.4 Å². The third-order valence-corrected chi connectivity index (χ3v) is 5.54. The molecule has 8 nitrogen and oxygen atoms in total. The SMILES string of the molecule is CCN(CC(=O)Nc1cc(C(C)(C)C)nn1-c1ccc(OC)cc1)C(=O)Nc1ccccc1C(F)(F)F. The number of alkyl halides is 3. The number of hydrogen-bond acceptors (Lipinski definition) is 4. The number of rotatable bonds is 7. The topological polar surface area (TPSA) is 88.5 Å². The van der Waals surface area contributed by atoms with Gasteiger partial charge in [0.2, 0.25) is 5.91 Å². The molecule has 0 saturated carbocycles.